The van der Waals surface area contributed by atoms with Crippen molar-refractivity contribution < 1.29 is 14.2 Å². The van der Waals surface area contributed by atoms with E-state index in [0.717, 1.165) is 25.7 Å². The predicted octanol–water partition coefficient (Wildman–Crippen LogP) is 1.29. The van der Waals surface area contributed by atoms with Gasteiger partial charge >= 0.3 is 17.6 Å². The van der Waals surface area contributed by atoms with E-state index in [9.17, 15) is 14.9 Å². The Kier molecular flexibility index (Phi) is 4.31. The van der Waals surface area contributed by atoms with Crippen LogP contribution in [-0.4, -0.2) is 36.8 Å². The number of carbonyl (C=O) groups is 1. The van der Waals surface area contributed by atoms with Crippen molar-refractivity contribution in [1.82, 2.24) is 25.2 Å². The van der Waals surface area contributed by atoms with Gasteiger partial charge in [0.1, 0.15) is 6.54 Å². The third-order valence-corrected chi connectivity index (χ3v) is 3.72. The summed E-state index contributed by atoms with van der Waals surface area (Å²) in [5, 5.41) is 20.9. The van der Waals surface area contributed by atoms with Crippen molar-refractivity contribution in [1.29, 1.82) is 0 Å². The quantitative estimate of drug-likeness (QED) is 0.649. The van der Waals surface area contributed by atoms with Crippen molar-refractivity contribution >= 4 is 11.7 Å². The maximum Gasteiger partial charge on any atom is 0.389 e. The van der Waals surface area contributed by atoms with Crippen molar-refractivity contribution in [3.63, 3.8) is 0 Å². The molecule has 10 heteroatoms. The van der Waals surface area contributed by atoms with Crippen LogP contribution in [0, 0.1) is 10.1 Å². The molecule has 0 radical (unpaired) electrons. The van der Waals surface area contributed by atoms with Gasteiger partial charge in [0.25, 0.3) is 0 Å². The molecule has 0 aliphatic heterocycles. The van der Waals surface area contributed by atoms with Crippen LogP contribution in [0.15, 0.2) is 16.8 Å². The molecular weight excluding hydrogens is 304 g/mol. The monoisotopic (exact) mass is 320 g/mol. The zero-order valence-corrected chi connectivity index (χ0v) is 12.3. The Morgan fingerprint density at radius 1 is 1.43 bits per heavy atom. The molecule has 0 atom stereocenters. The fourth-order valence-corrected chi connectivity index (χ4v) is 2.59. The maximum atomic E-state index is 12.1. The summed E-state index contributed by atoms with van der Waals surface area (Å²) in [4.78, 5) is 26.0. The Bertz CT molecular complexity index is 703. The van der Waals surface area contributed by atoms with Gasteiger partial charge in [-0.2, -0.15) is 9.67 Å². The lowest BCUT2D eigenvalue weighted by Crippen LogP contribution is -2.36. The van der Waals surface area contributed by atoms with Crippen molar-refractivity contribution in [2.45, 2.75) is 44.7 Å². The van der Waals surface area contributed by atoms with E-state index in [-0.39, 0.29) is 36.0 Å². The number of carbonyl (C=O) groups excluding carboxylic acids is 1. The van der Waals surface area contributed by atoms with Crippen molar-refractivity contribution in [2.75, 3.05) is 0 Å². The second kappa shape index (κ2) is 6.55. The Morgan fingerprint density at radius 3 is 2.91 bits per heavy atom. The molecule has 1 aliphatic rings. The average molecular weight is 320 g/mol. The molecule has 122 valence electrons. The van der Waals surface area contributed by atoms with E-state index in [1.165, 1.54) is 23.4 Å². The number of aromatic nitrogens is 4. The average Bonchev–Trinajstić information content (AvgIpc) is 3.18. The van der Waals surface area contributed by atoms with E-state index in [1.54, 1.807) is 0 Å². The van der Waals surface area contributed by atoms with Crippen LogP contribution in [0.4, 0.5) is 5.82 Å². The lowest BCUT2D eigenvalue weighted by atomic mass is 9.95. The highest BCUT2D eigenvalue weighted by atomic mass is 16.6. The van der Waals surface area contributed by atoms with Crippen LogP contribution in [-0.2, 0) is 6.54 Å². The van der Waals surface area contributed by atoms with Gasteiger partial charge in [0.15, 0.2) is 5.82 Å². The Morgan fingerprint density at radius 2 is 2.22 bits per heavy atom. The van der Waals surface area contributed by atoms with Crippen LogP contribution in [0.25, 0.3) is 0 Å². The van der Waals surface area contributed by atoms with Gasteiger partial charge in [0, 0.05) is 6.04 Å². The highest BCUT2D eigenvalue weighted by molar-refractivity contribution is 5.89. The summed E-state index contributed by atoms with van der Waals surface area (Å²) in [6.45, 7) is 0.0913. The van der Waals surface area contributed by atoms with Gasteiger partial charge in [-0.15, -0.1) is 0 Å². The molecule has 0 bridgehead atoms. The van der Waals surface area contributed by atoms with Crippen LogP contribution in [0.5, 0.6) is 0 Å². The topological polar surface area (TPSA) is 129 Å². The molecule has 1 N–H and O–H groups in total. The molecular formula is C13H16N6O4. The second-order valence-electron chi connectivity index (χ2n) is 5.45. The SMILES string of the molecule is O=C(NC1CCCCC1)c1nc(Cn2ccc([N+](=O)[O-])n2)no1. The summed E-state index contributed by atoms with van der Waals surface area (Å²) in [5.74, 6) is -0.519. The van der Waals surface area contributed by atoms with E-state index in [1.807, 2.05) is 0 Å². The molecule has 2 heterocycles. The fourth-order valence-electron chi connectivity index (χ4n) is 2.59. The van der Waals surface area contributed by atoms with Crippen LogP contribution in [0.3, 0.4) is 0 Å². The Labute approximate surface area is 131 Å². The summed E-state index contributed by atoms with van der Waals surface area (Å²) in [5.41, 5.74) is 0. The molecule has 23 heavy (non-hydrogen) atoms. The first-order valence-corrected chi connectivity index (χ1v) is 7.43. The lowest BCUT2D eigenvalue weighted by molar-refractivity contribution is -0.389. The first kappa shape index (κ1) is 15.1. The van der Waals surface area contributed by atoms with Crippen molar-refractivity contribution in [3.8, 4) is 0 Å². The molecule has 0 aromatic carbocycles. The molecule has 10 nitrogen and oxygen atoms in total. The van der Waals surface area contributed by atoms with Crippen molar-refractivity contribution in [2.24, 2.45) is 0 Å². The molecule has 0 unspecified atom stereocenters. The van der Waals surface area contributed by atoms with Gasteiger partial charge in [-0.1, -0.05) is 24.4 Å². The third-order valence-electron chi connectivity index (χ3n) is 3.72. The molecule has 1 fully saturated rings. The van der Waals surface area contributed by atoms with Gasteiger partial charge in [-0.25, -0.2) is 0 Å². The molecule has 2 aromatic heterocycles. The highest BCUT2D eigenvalue weighted by Crippen LogP contribution is 2.17. The van der Waals surface area contributed by atoms with Crippen LogP contribution in [0.1, 0.15) is 48.6 Å². The number of hydrogen-bond acceptors (Lipinski definition) is 7. The largest absolute Gasteiger partial charge is 0.389 e. The Balaban J connectivity index is 1.60. The second-order valence-corrected chi connectivity index (χ2v) is 5.45. The lowest BCUT2D eigenvalue weighted by Gasteiger charge is -2.21. The summed E-state index contributed by atoms with van der Waals surface area (Å²) < 4.78 is 6.26. The number of rotatable bonds is 5. The number of nitrogens with one attached hydrogen (secondary N) is 1. The smallest absolute Gasteiger partial charge is 0.358 e. The zero-order chi connectivity index (χ0) is 16.2. The van der Waals surface area contributed by atoms with Crippen LogP contribution in [0.2, 0.25) is 0 Å². The molecule has 2 aromatic rings. The summed E-state index contributed by atoms with van der Waals surface area (Å²) >= 11 is 0. The number of hydrogen-bond donors (Lipinski definition) is 1. The standard InChI is InChI=1S/C13H16N6O4/c20-12(14-9-4-2-1-3-5-9)13-15-10(17-23-13)8-18-7-6-11(16-18)19(21)22/h6-7,9H,1-5,8H2,(H,14,20). The highest BCUT2D eigenvalue weighted by Gasteiger charge is 2.21. The Hall–Kier alpha value is -2.78. The minimum absolute atomic E-state index is 0.0913. The normalized spacial score (nSPS) is 15.5. The zero-order valence-electron chi connectivity index (χ0n) is 12.3. The van der Waals surface area contributed by atoms with Gasteiger partial charge in [-0.05, 0) is 17.8 Å². The van der Waals surface area contributed by atoms with Crippen LogP contribution < -0.4 is 5.32 Å². The molecule has 1 aliphatic carbocycles. The number of nitrogens with zero attached hydrogens (tertiary/aromatic N) is 5. The maximum absolute atomic E-state index is 12.1. The first-order valence-electron chi connectivity index (χ1n) is 7.43. The van der Waals surface area contributed by atoms with E-state index < -0.39 is 4.92 Å². The number of nitro groups is 1. The minimum Gasteiger partial charge on any atom is -0.358 e. The molecule has 3 rings (SSSR count). The van der Waals surface area contributed by atoms with Crippen molar-refractivity contribution in [3.05, 3.63) is 34.1 Å². The predicted molar refractivity (Wildman–Crippen MR) is 76.6 cm³/mol. The summed E-state index contributed by atoms with van der Waals surface area (Å²) in [7, 11) is 0. The summed E-state index contributed by atoms with van der Waals surface area (Å²) in [6, 6.07) is 1.43. The minimum atomic E-state index is -0.588. The van der Waals surface area contributed by atoms with E-state index in [2.05, 4.69) is 20.6 Å². The van der Waals surface area contributed by atoms with Gasteiger partial charge in [0.2, 0.25) is 0 Å². The molecule has 0 spiro atoms. The van der Waals surface area contributed by atoms with E-state index in [0.29, 0.717) is 0 Å². The molecule has 0 saturated heterocycles. The molecule has 1 saturated carbocycles. The third kappa shape index (κ3) is 3.71. The van der Waals surface area contributed by atoms with Crippen LogP contribution >= 0.6 is 0 Å². The number of amides is 1. The van der Waals surface area contributed by atoms with Gasteiger partial charge in [0.05, 0.1) is 17.4 Å². The van der Waals surface area contributed by atoms with E-state index in [4.69, 9.17) is 4.52 Å². The van der Waals surface area contributed by atoms with Gasteiger partial charge < -0.3 is 20.0 Å². The van der Waals surface area contributed by atoms with Gasteiger partial charge in [-0.3, -0.25) is 4.79 Å². The first-order chi connectivity index (χ1) is 11.1. The summed E-state index contributed by atoms with van der Waals surface area (Å²) in [6.07, 6.45) is 6.78. The fraction of sp³-hybridized carbons (Fsp3) is 0.538. The van der Waals surface area contributed by atoms with E-state index >= 15 is 0 Å². The molecule has 1 amide bonds.